The van der Waals surface area contributed by atoms with E-state index < -0.39 is 23.3 Å². The summed E-state index contributed by atoms with van der Waals surface area (Å²) >= 11 is 0. The van der Waals surface area contributed by atoms with E-state index in [1.54, 1.807) is 4.90 Å². The molecule has 0 radical (unpaired) electrons. The molecule has 4 rings (SSSR count). The summed E-state index contributed by atoms with van der Waals surface area (Å²) in [6, 6.07) is 5.18. The molecule has 0 saturated carbocycles. The lowest BCUT2D eigenvalue weighted by molar-refractivity contribution is -0.144. The molecule has 2 amide bonds. The predicted molar refractivity (Wildman–Crippen MR) is 142 cm³/mol. The number of carboxylic acid groups (broad SMARTS) is 1. The van der Waals surface area contributed by atoms with Gasteiger partial charge >= 0.3 is 5.97 Å². The van der Waals surface area contributed by atoms with Crippen molar-refractivity contribution in [2.24, 2.45) is 17.1 Å². The quantitative estimate of drug-likeness (QED) is 0.421. The minimum Gasteiger partial charge on any atom is -0.481 e. The number of amides is 2. The van der Waals surface area contributed by atoms with Gasteiger partial charge in [0, 0.05) is 56.6 Å². The zero-order chi connectivity index (χ0) is 27.4. The van der Waals surface area contributed by atoms with Crippen LogP contribution in [-0.2, 0) is 14.4 Å². The number of nitrogens with two attached hydrogens (primary N) is 1. The first-order valence-corrected chi connectivity index (χ1v) is 13.8. The number of carbonyl (C=O) groups excluding carboxylic acids is 2. The van der Waals surface area contributed by atoms with Crippen LogP contribution in [0.15, 0.2) is 18.2 Å². The number of ether oxygens (including phenoxy) is 2. The van der Waals surface area contributed by atoms with Crippen molar-refractivity contribution >= 4 is 17.8 Å². The number of hydrogen-bond donors (Lipinski definition) is 2. The average molecular weight is 531 g/mol. The minimum absolute atomic E-state index is 0.0391. The molecular formula is C28H42N4O6. The molecule has 1 unspecified atom stereocenters. The number of carbonyl (C=O) groups is 3. The largest absolute Gasteiger partial charge is 0.481 e. The van der Waals surface area contributed by atoms with Gasteiger partial charge in [-0.25, -0.2) is 0 Å². The Kier molecular flexibility index (Phi) is 8.82. The summed E-state index contributed by atoms with van der Waals surface area (Å²) in [6.07, 6.45) is 3.12. The second kappa shape index (κ2) is 11.9. The van der Waals surface area contributed by atoms with Gasteiger partial charge < -0.3 is 30.1 Å². The highest BCUT2D eigenvalue weighted by Gasteiger charge is 2.48. The number of unbranched alkanes of at least 4 members (excludes halogenated alkanes) is 1. The van der Waals surface area contributed by atoms with E-state index in [-0.39, 0.29) is 31.1 Å². The second-order valence-corrected chi connectivity index (χ2v) is 11.3. The molecule has 1 aromatic rings. The number of carboxylic acids is 1. The lowest BCUT2D eigenvalue weighted by atomic mass is 9.84. The molecule has 2 saturated heterocycles. The van der Waals surface area contributed by atoms with Gasteiger partial charge in [-0.2, -0.15) is 0 Å². The molecule has 3 aliphatic heterocycles. The van der Waals surface area contributed by atoms with Crippen LogP contribution >= 0.6 is 0 Å². The maximum Gasteiger partial charge on any atom is 0.308 e. The van der Waals surface area contributed by atoms with E-state index in [9.17, 15) is 19.5 Å². The summed E-state index contributed by atoms with van der Waals surface area (Å²) in [4.78, 5) is 44.6. The Labute approximate surface area is 225 Å². The van der Waals surface area contributed by atoms with Crippen molar-refractivity contribution in [1.82, 2.24) is 14.7 Å². The molecule has 3 aliphatic rings. The molecule has 3 atom stereocenters. The first-order chi connectivity index (χ1) is 18.2. The Bertz CT molecular complexity index is 1030. The van der Waals surface area contributed by atoms with E-state index in [0.717, 1.165) is 24.8 Å². The van der Waals surface area contributed by atoms with Gasteiger partial charge in [-0.15, -0.1) is 0 Å². The predicted octanol–water partition coefficient (Wildman–Crippen LogP) is 2.12. The fourth-order valence-electron chi connectivity index (χ4n) is 6.03. The van der Waals surface area contributed by atoms with E-state index in [4.69, 9.17) is 15.2 Å². The summed E-state index contributed by atoms with van der Waals surface area (Å²) in [5.41, 5.74) is 6.24. The van der Waals surface area contributed by atoms with E-state index in [0.29, 0.717) is 57.2 Å². The number of rotatable bonds is 12. The third-order valence-corrected chi connectivity index (χ3v) is 8.30. The second-order valence-electron chi connectivity index (χ2n) is 11.3. The van der Waals surface area contributed by atoms with E-state index in [1.807, 2.05) is 41.8 Å². The van der Waals surface area contributed by atoms with E-state index in [2.05, 4.69) is 6.92 Å². The molecular weight excluding hydrogens is 488 g/mol. The van der Waals surface area contributed by atoms with E-state index in [1.165, 1.54) is 0 Å². The number of hydrogen-bond acceptors (Lipinski definition) is 7. The van der Waals surface area contributed by atoms with Gasteiger partial charge in [0.2, 0.25) is 18.6 Å². The molecule has 0 aliphatic carbocycles. The first kappa shape index (κ1) is 28.2. The van der Waals surface area contributed by atoms with Crippen molar-refractivity contribution in [2.75, 3.05) is 52.6 Å². The Hall–Kier alpha value is -2.85. The van der Waals surface area contributed by atoms with Crippen molar-refractivity contribution in [1.29, 1.82) is 0 Å². The number of nitrogens with zero attached hydrogens (tertiary/aromatic N) is 3. The third-order valence-electron chi connectivity index (χ3n) is 8.30. The molecule has 1 aromatic carbocycles. The Morgan fingerprint density at radius 2 is 1.97 bits per heavy atom. The smallest absolute Gasteiger partial charge is 0.308 e. The monoisotopic (exact) mass is 530 g/mol. The van der Waals surface area contributed by atoms with Gasteiger partial charge in [0.05, 0.1) is 12.5 Å². The van der Waals surface area contributed by atoms with Crippen LogP contribution in [0, 0.1) is 11.3 Å². The fraction of sp³-hybridized carbons (Fsp3) is 0.679. The minimum atomic E-state index is -0.898. The first-order valence-electron chi connectivity index (χ1n) is 13.8. The summed E-state index contributed by atoms with van der Waals surface area (Å²) in [6.45, 7) is 9.30. The van der Waals surface area contributed by atoms with Crippen molar-refractivity contribution in [3.63, 3.8) is 0 Å². The fourth-order valence-corrected chi connectivity index (χ4v) is 6.03. The Morgan fingerprint density at radius 1 is 1.21 bits per heavy atom. The SMILES string of the molecule is CCCCN(CCN)C(=O)CN1C[C@H](c2ccc3c(c2)OCO3)C(C(=O)O)[C@@H]1CCN1CCC(C)(C)C1=O. The third kappa shape index (κ3) is 5.91. The number of likely N-dealkylation sites (tertiary alicyclic amines) is 2. The van der Waals surface area contributed by atoms with Gasteiger partial charge in [-0.1, -0.05) is 33.3 Å². The highest BCUT2D eigenvalue weighted by atomic mass is 16.7. The van der Waals surface area contributed by atoms with Crippen LogP contribution < -0.4 is 15.2 Å². The number of fused-ring (bicyclic) bond motifs is 1. The van der Waals surface area contributed by atoms with Crippen LogP contribution in [0.3, 0.4) is 0 Å². The highest BCUT2D eigenvalue weighted by molar-refractivity contribution is 5.84. The lowest BCUT2D eigenvalue weighted by Crippen LogP contribution is -2.46. The molecule has 0 spiro atoms. The van der Waals surface area contributed by atoms with E-state index >= 15 is 0 Å². The van der Waals surface area contributed by atoms with Crippen LogP contribution in [0.5, 0.6) is 11.5 Å². The number of aliphatic carboxylic acids is 1. The van der Waals surface area contributed by atoms with Crippen molar-refractivity contribution in [2.45, 2.75) is 58.4 Å². The summed E-state index contributed by atoms with van der Waals surface area (Å²) in [5, 5.41) is 10.4. The van der Waals surface area contributed by atoms with Crippen LogP contribution in [0.2, 0.25) is 0 Å². The topological polar surface area (TPSA) is 126 Å². The highest BCUT2D eigenvalue weighted by Crippen LogP contribution is 2.43. The normalized spacial score (nSPS) is 24.3. The van der Waals surface area contributed by atoms with Gasteiger partial charge in [-0.3, -0.25) is 19.3 Å². The van der Waals surface area contributed by atoms with Gasteiger partial charge in [0.1, 0.15) is 0 Å². The van der Waals surface area contributed by atoms with Gasteiger partial charge in [0.15, 0.2) is 11.5 Å². The van der Waals surface area contributed by atoms with Crippen molar-refractivity contribution < 1.29 is 29.0 Å². The van der Waals surface area contributed by atoms with Crippen molar-refractivity contribution in [3.05, 3.63) is 23.8 Å². The van der Waals surface area contributed by atoms with Crippen LogP contribution in [-0.4, -0.2) is 96.2 Å². The summed E-state index contributed by atoms with van der Waals surface area (Å²) < 4.78 is 11.0. The maximum absolute atomic E-state index is 13.4. The van der Waals surface area contributed by atoms with Crippen LogP contribution in [0.4, 0.5) is 0 Å². The molecule has 2 fully saturated rings. The van der Waals surface area contributed by atoms with Crippen LogP contribution in [0.25, 0.3) is 0 Å². The zero-order valence-electron chi connectivity index (χ0n) is 22.9. The van der Waals surface area contributed by atoms with Crippen molar-refractivity contribution in [3.8, 4) is 11.5 Å². The molecule has 0 aromatic heterocycles. The Balaban J connectivity index is 1.58. The molecule has 38 heavy (non-hydrogen) atoms. The van der Waals surface area contributed by atoms with Gasteiger partial charge in [-0.05, 0) is 37.0 Å². The molecule has 210 valence electrons. The molecule has 10 heteroatoms. The molecule has 3 N–H and O–H groups in total. The summed E-state index contributed by atoms with van der Waals surface area (Å²) in [7, 11) is 0. The maximum atomic E-state index is 13.4. The zero-order valence-corrected chi connectivity index (χ0v) is 22.9. The van der Waals surface area contributed by atoms with Crippen LogP contribution in [0.1, 0.15) is 57.9 Å². The Morgan fingerprint density at radius 3 is 2.63 bits per heavy atom. The van der Waals surface area contributed by atoms with Gasteiger partial charge in [0.25, 0.3) is 0 Å². The molecule has 0 bridgehead atoms. The number of benzene rings is 1. The lowest BCUT2D eigenvalue weighted by Gasteiger charge is -2.31. The molecule has 3 heterocycles. The summed E-state index contributed by atoms with van der Waals surface area (Å²) in [5.74, 6) is -0.641. The average Bonchev–Trinajstić information content (AvgIpc) is 3.56. The standard InChI is InChI=1S/C28H42N4O6/c1-4-5-11-30(14-10-29)24(33)17-32-16-20(19-6-7-22-23(15-19)38-18-37-22)25(26(34)35)21(32)8-12-31-13-9-28(2,3)27(31)36/h6-7,15,20-21,25H,4-5,8-14,16-18,29H2,1-3H3,(H,34,35)/t20-,21+,25?/m1/s1. The molecule has 10 nitrogen and oxygen atoms in total.